The number of guanidine groups is 1. The predicted molar refractivity (Wildman–Crippen MR) is 135 cm³/mol. The zero-order chi connectivity index (χ0) is 21.0. The van der Waals surface area contributed by atoms with Gasteiger partial charge in [0.15, 0.2) is 5.96 Å². The van der Waals surface area contributed by atoms with Crippen LogP contribution in [0.4, 0.5) is 0 Å². The first-order chi connectivity index (χ1) is 14.7. The van der Waals surface area contributed by atoms with Gasteiger partial charge in [-0.25, -0.2) is 0 Å². The fraction of sp³-hybridized carbons (Fsp3) is 0.696. The zero-order valence-corrected chi connectivity index (χ0v) is 21.1. The quantitative estimate of drug-likeness (QED) is 0.163. The molecule has 2 N–H and O–H groups in total. The molecule has 0 bridgehead atoms. The number of carbonyl (C=O) groups excluding carboxylic acids is 1. The van der Waals surface area contributed by atoms with Gasteiger partial charge in [-0.15, -0.1) is 24.0 Å². The van der Waals surface area contributed by atoms with Crippen molar-refractivity contribution in [1.29, 1.82) is 0 Å². The van der Waals surface area contributed by atoms with Crippen molar-refractivity contribution < 1.29 is 9.53 Å². The fourth-order valence-corrected chi connectivity index (χ4v) is 4.13. The van der Waals surface area contributed by atoms with Crippen molar-refractivity contribution in [2.75, 3.05) is 26.2 Å². The second-order valence-corrected chi connectivity index (χ2v) is 8.28. The summed E-state index contributed by atoms with van der Waals surface area (Å²) < 4.78 is 5.51. The van der Waals surface area contributed by atoms with Gasteiger partial charge >= 0.3 is 5.97 Å². The summed E-state index contributed by atoms with van der Waals surface area (Å²) >= 11 is 0. The maximum absolute atomic E-state index is 11.9. The van der Waals surface area contributed by atoms with Gasteiger partial charge in [-0.05, 0) is 64.0 Å². The van der Waals surface area contributed by atoms with E-state index in [2.05, 4.69) is 38.5 Å². The highest BCUT2D eigenvalue weighted by Crippen LogP contribution is 2.21. The van der Waals surface area contributed by atoms with Crippen LogP contribution in [-0.4, -0.2) is 60.1 Å². The first-order valence-electron chi connectivity index (χ1n) is 11.6. The minimum Gasteiger partial charge on any atom is -0.462 e. The Morgan fingerprint density at radius 1 is 1.23 bits per heavy atom. The lowest BCUT2D eigenvalue weighted by molar-refractivity contribution is -0.148. The van der Waals surface area contributed by atoms with Gasteiger partial charge in [0, 0.05) is 51.4 Å². The number of rotatable bonds is 9. The first-order valence-corrected chi connectivity index (χ1v) is 11.6. The molecule has 1 saturated carbocycles. The third kappa shape index (κ3) is 9.72. The molecule has 1 aliphatic heterocycles. The number of aliphatic imine (C=N–C) groups is 1. The van der Waals surface area contributed by atoms with Crippen molar-refractivity contribution in [3.8, 4) is 0 Å². The van der Waals surface area contributed by atoms with Crippen LogP contribution in [0.25, 0.3) is 0 Å². The van der Waals surface area contributed by atoms with Crippen LogP contribution in [0.1, 0.15) is 64.0 Å². The van der Waals surface area contributed by atoms with Gasteiger partial charge in [-0.3, -0.25) is 19.7 Å². The number of pyridine rings is 1. The molecule has 1 aromatic heterocycles. The Labute approximate surface area is 203 Å². The third-order valence-corrected chi connectivity index (χ3v) is 5.79. The van der Waals surface area contributed by atoms with Crippen molar-refractivity contribution in [2.45, 2.75) is 77.0 Å². The molecule has 0 radical (unpaired) electrons. The van der Waals surface area contributed by atoms with Crippen LogP contribution in [0, 0.1) is 0 Å². The lowest BCUT2D eigenvalue weighted by Gasteiger charge is -2.32. The standard InChI is InChI=1S/C23H37N5O2.HI/c1-2-24-23(26-15-7-11-22(29)30-21-9-3-4-10-21)27-19-12-16-28(17-13-19)18-20-8-5-6-14-25-20;/h5-6,8,14,19,21H,2-4,7,9-13,15-18H2,1H3,(H2,24,26,27);1H. The lowest BCUT2D eigenvalue weighted by atomic mass is 10.0. The molecule has 2 fully saturated rings. The van der Waals surface area contributed by atoms with Crippen LogP contribution in [-0.2, 0) is 16.1 Å². The monoisotopic (exact) mass is 543 g/mol. The smallest absolute Gasteiger partial charge is 0.306 e. The number of hydrogen-bond acceptors (Lipinski definition) is 5. The highest BCUT2D eigenvalue weighted by molar-refractivity contribution is 14.0. The van der Waals surface area contributed by atoms with E-state index in [1.165, 1.54) is 12.8 Å². The molecule has 8 heteroatoms. The van der Waals surface area contributed by atoms with Gasteiger partial charge in [0.1, 0.15) is 6.10 Å². The largest absolute Gasteiger partial charge is 0.462 e. The lowest BCUT2D eigenvalue weighted by Crippen LogP contribution is -2.48. The van der Waals surface area contributed by atoms with Crippen LogP contribution >= 0.6 is 24.0 Å². The minimum absolute atomic E-state index is 0. The molecule has 1 saturated heterocycles. The Bertz CT molecular complexity index is 659. The molecule has 3 rings (SSSR count). The number of nitrogens with zero attached hydrogens (tertiary/aromatic N) is 3. The molecule has 0 aromatic carbocycles. The number of likely N-dealkylation sites (tertiary alicyclic amines) is 1. The Kier molecular flexibility index (Phi) is 12.2. The molecule has 1 aliphatic carbocycles. The van der Waals surface area contributed by atoms with Crippen molar-refractivity contribution in [3.63, 3.8) is 0 Å². The van der Waals surface area contributed by atoms with Crippen LogP contribution < -0.4 is 10.6 Å². The molecule has 0 spiro atoms. The third-order valence-electron chi connectivity index (χ3n) is 5.79. The first kappa shape index (κ1) is 25.8. The molecule has 31 heavy (non-hydrogen) atoms. The summed E-state index contributed by atoms with van der Waals surface area (Å²) in [6.45, 7) is 6.56. The van der Waals surface area contributed by atoms with E-state index in [1.807, 2.05) is 18.3 Å². The predicted octanol–water partition coefficient (Wildman–Crippen LogP) is 3.49. The van der Waals surface area contributed by atoms with E-state index in [1.54, 1.807) is 0 Å². The van der Waals surface area contributed by atoms with Gasteiger partial charge in [0.05, 0.1) is 5.69 Å². The van der Waals surface area contributed by atoms with E-state index >= 15 is 0 Å². The van der Waals surface area contributed by atoms with Gasteiger partial charge in [-0.2, -0.15) is 0 Å². The number of ether oxygens (including phenoxy) is 1. The molecule has 7 nitrogen and oxygen atoms in total. The Morgan fingerprint density at radius 2 is 2.00 bits per heavy atom. The topological polar surface area (TPSA) is 78.8 Å². The SMILES string of the molecule is CCNC(=NCCCC(=O)OC1CCCC1)NC1CCN(Cc2ccccn2)CC1.I. The number of nitrogens with one attached hydrogen (secondary N) is 2. The molecule has 174 valence electrons. The molecule has 0 amide bonds. The molecular weight excluding hydrogens is 505 g/mol. The average Bonchev–Trinajstić information content (AvgIpc) is 3.26. The highest BCUT2D eigenvalue weighted by atomic mass is 127. The maximum Gasteiger partial charge on any atom is 0.306 e. The van der Waals surface area contributed by atoms with Crippen LogP contribution in [0.2, 0.25) is 0 Å². The fourth-order valence-electron chi connectivity index (χ4n) is 4.13. The number of aromatic nitrogens is 1. The van der Waals surface area contributed by atoms with E-state index in [0.717, 1.165) is 69.9 Å². The molecule has 2 aliphatic rings. The van der Waals surface area contributed by atoms with Crippen LogP contribution in [0.5, 0.6) is 0 Å². The van der Waals surface area contributed by atoms with Gasteiger partial charge in [0.25, 0.3) is 0 Å². The van der Waals surface area contributed by atoms with Crippen LogP contribution in [0.15, 0.2) is 29.4 Å². The minimum atomic E-state index is -0.0738. The average molecular weight is 543 g/mol. The normalized spacial score (nSPS) is 18.4. The summed E-state index contributed by atoms with van der Waals surface area (Å²) in [5.41, 5.74) is 1.13. The summed E-state index contributed by atoms with van der Waals surface area (Å²) in [5, 5.41) is 6.90. The van der Waals surface area contributed by atoms with E-state index in [-0.39, 0.29) is 36.0 Å². The van der Waals surface area contributed by atoms with Crippen molar-refractivity contribution in [2.24, 2.45) is 4.99 Å². The Hall–Kier alpha value is -1.42. The summed E-state index contributed by atoms with van der Waals surface area (Å²) in [4.78, 5) is 23.5. The number of carbonyl (C=O) groups is 1. The molecule has 0 atom stereocenters. The number of hydrogen-bond donors (Lipinski definition) is 2. The van der Waals surface area contributed by atoms with Gasteiger partial charge < -0.3 is 15.4 Å². The van der Waals surface area contributed by atoms with Crippen molar-refractivity contribution in [1.82, 2.24) is 20.5 Å². The molecular formula is C23H38IN5O2. The van der Waals surface area contributed by atoms with Crippen LogP contribution in [0.3, 0.4) is 0 Å². The van der Waals surface area contributed by atoms with E-state index in [9.17, 15) is 4.79 Å². The Balaban J connectivity index is 0.00000341. The Morgan fingerprint density at radius 3 is 2.68 bits per heavy atom. The van der Waals surface area contributed by atoms with Crippen molar-refractivity contribution >= 4 is 35.9 Å². The van der Waals surface area contributed by atoms with E-state index < -0.39 is 0 Å². The summed E-state index contributed by atoms with van der Waals surface area (Å²) in [6, 6.07) is 6.52. The second-order valence-electron chi connectivity index (χ2n) is 8.28. The summed E-state index contributed by atoms with van der Waals surface area (Å²) in [7, 11) is 0. The van der Waals surface area contributed by atoms with E-state index in [0.29, 0.717) is 19.0 Å². The number of halogens is 1. The second kappa shape index (κ2) is 14.6. The number of piperidine rings is 1. The van der Waals surface area contributed by atoms with Gasteiger partial charge in [0.2, 0.25) is 0 Å². The van der Waals surface area contributed by atoms with Crippen molar-refractivity contribution in [3.05, 3.63) is 30.1 Å². The summed E-state index contributed by atoms with van der Waals surface area (Å²) in [6.07, 6.45) is 9.79. The molecule has 1 aromatic rings. The van der Waals surface area contributed by atoms with E-state index in [4.69, 9.17) is 4.74 Å². The summed E-state index contributed by atoms with van der Waals surface area (Å²) in [5.74, 6) is 0.778. The van der Waals surface area contributed by atoms with Gasteiger partial charge in [-0.1, -0.05) is 6.07 Å². The molecule has 2 heterocycles. The highest BCUT2D eigenvalue weighted by Gasteiger charge is 2.21. The number of esters is 1. The maximum atomic E-state index is 11.9. The molecule has 0 unspecified atom stereocenters. The zero-order valence-electron chi connectivity index (χ0n) is 18.7.